The number of carbonyl (C=O) groups is 2. The number of rotatable bonds is 8. The molecule has 0 bridgehead atoms. The summed E-state index contributed by atoms with van der Waals surface area (Å²) in [5.74, 6) is 0.0668. The summed E-state index contributed by atoms with van der Waals surface area (Å²) in [6.45, 7) is 3.33. The largest absolute Gasteiger partial charge is 0.495 e. The molecule has 0 unspecified atom stereocenters. The molecule has 0 spiro atoms. The lowest BCUT2D eigenvalue weighted by molar-refractivity contribution is -0.160. The molecule has 0 saturated carbocycles. The molecule has 0 fully saturated rings. The molecular weight excluding hydrogens is 334 g/mol. The Balaban J connectivity index is 1.95. The minimum Gasteiger partial charge on any atom is -0.495 e. The summed E-state index contributed by atoms with van der Waals surface area (Å²) < 4.78 is 16.1. The van der Waals surface area contributed by atoms with Crippen molar-refractivity contribution in [3.63, 3.8) is 0 Å². The molecule has 0 heterocycles. The monoisotopic (exact) mass is 357 g/mol. The predicted octanol–water partition coefficient (Wildman–Crippen LogP) is 3.42. The normalized spacial score (nSPS) is 12.6. The molecule has 2 aromatic rings. The molecule has 0 radical (unpaired) electrons. The highest BCUT2D eigenvalue weighted by atomic mass is 16.6. The number of anilines is 1. The third-order valence-corrected chi connectivity index (χ3v) is 3.68. The SMILES string of the molecule is CC[C@@H](Oc1ccccc1)C(=O)O[C@@H](C)C(=O)Nc1ccccc1OC. The first-order valence-electron chi connectivity index (χ1n) is 8.41. The van der Waals surface area contributed by atoms with E-state index in [1.807, 2.05) is 25.1 Å². The third kappa shape index (κ3) is 5.24. The topological polar surface area (TPSA) is 73.9 Å². The lowest BCUT2D eigenvalue weighted by Crippen LogP contribution is -2.36. The van der Waals surface area contributed by atoms with Crippen LogP contribution < -0.4 is 14.8 Å². The average Bonchev–Trinajstić information content (AvgIpc) is 2.67. The fourth-order valence-corrected chi connectivity index (χ4v) is 2.25. The van der Waals surface area contributed by atoms with Gasteiger partial charge in [0, 0.05) is 0 Å². The minimum atomic E-state index is -0.971. The van der Waals surface area contributed by atoms with Gasteiger partial charge >= 0.3 is 5.97 Å². The van der Waals surface area contributed by atoms with E-state index >= 15 is 0 Å². The highest BCUT2D eigenvalue weighted by molar-refractivity contribution is 5.96. The lowest BCUT2D eigenvalue weighted by atomic mass is 10.2. The van der Waals surface area contributed by atoms with Crippen molar-refractivity contribution in [3.05, 3.63) is 54.6 Å². The van der Waals surface area contributed by atoms with Gasteiger partial charge in [0.25, 0.3) is 5.91 Å². The van der Waals surface area contributed by atoms with Crippen molar-refractivity contribution in [2.45, 2.75) is 32.5 Å². The predicted molar refractivity (Wildman–Crippen MR) is 98.3 cm³/mol. The molecule has 6 nitrogen and oxygen atoms in total. The smallest absolute Gasteiger partial charge is 0.348 e. The molecule has 1 amide bonds. The van der Waals surface area contributed by atoms with Gasteiger partial charge in [0.1, 0.15) is 11.5 Å². The van der Waals surface area contributed by atoms with Gasteiger partial charge in [0.15, 0.2) is 12.2 Å². The number of benzene rings is 2. The summed E-state index contributed by atoms with van der Waals surface area (Å²) in [7, 11) is 1.52. The van der Waals surface area contributed by atoms with Gasteiger partial charge < -0.3 is 19.5 Å². The number of hydrogen-bond acceptors (Lipinski definition) is 5. The zero-order valence-corrected chi connectivity index (χ0v) is 15.1. The molecule has 138 valence electrons. The number of para-hydroxylation sites is 3. The Morgan fingerprint density at radius 1 is 1.04 bits per heavy atom. The van der Waals surface area contributed by atoms with Crippen LogP contribution in [0.4, 0.5) is 5.69 Å². The summed E-state index contributed by atoms with van der Waals surface area (Å²) in [5.41, 5.74) is 0.510. The van der Waals surface area contributed by atoms with E-state index in [4.69, 9.17) is 14.2 Å². The van der Waals surface area contributed by atoms with Gasteiger partial charge in [-0.3, -0.25) is 4.79 Å². The van der Waals surface area contributed by atoms with Crippen LogP contribution in [0.1, 0.15) is 20.3 Å². The Morgan fingerprint density at radius 2 is 1.69 bits per heavy atom. The number of esters is 1. The Bertz CT molecular complexity index is 732. The molecule has 2 aromatic carbocycles. The van der Waals surface area contributed by atoms with Crippen LogP contribution in [-0.2, 0) is 14.3 Å². The first-order chi connectivity index (χ1) is 12.5. The maximum Gasteiger partial charge on any atom is 0.348 e. The van der Waals surface area contributed by atoms with Gasteiger partial charge in [0.2, 0.25) is 0 Å². The van der Waals surface area contributed by atoms with E-state index in [-0.39, 0.29) is 0 Å². The van der Waals surface area contributed by atoms with E-state index in [9.17, 15) is 9.59 Å². The van der Waals surface area contributed by atoms with Crippen LogP contribution in [-0.4, -0.2) is 31.2 Å². The maximum absolute atomic E-state index is 12.3. The average molecular weight is 357 g/mol. The summed E-state index contributed by atoms with van der Waals surface area (Å²) in [6.07, 6.45) is -1.33. The summed E-state index contributed by atoms with van der Waals surface area (Å²) in [4.78, 5) is 24.6. The van der Waals surface area contributed by atoms with Crippen LogP contribution in [0.15, 0.2) is 54.6 Å². The van der Waals surface area contributed by atoms with E-state index in [0.29, 0.717) is 23.6 Å². The first-order valence-corrected chi connectivity index (χ1v) is 8.41. The zero-order valence-electron chi connectivity index (χ0n) is 15.1. The van der Waals surface area contributed by atoms with Gasteiger partial charge in [-0.05, 0) is 37.6 Å². The molecule has 2 atom stereocenters. The molecule has 0 aliphatic rings. The zero-order chi connectivity index (χ0) is 18.9. The van der Waals surface area contributed by atoms with E-state index in [2.05, 4.69) is 5.32 Å². The quantitative estimate of drug-likeness (QED) is 0.733. The molecule has 0 saturated heterocycles. The van der Waals surface area contributed by atoms with E-state index in [1.54, 1.807) is 36.4 Å². The van der Waals surface area contributed by atoms with Gasteiger partial charge in [-0.1, -0.05) is 37.3 Å². The van der Waals surface area contributed by atoms with Crippen molar-refractivity contribution in [3.8, 4) is 11.5 Å². The Kier molecular flexibility index (Phi) is 7.02. The van der Waals surface area contributed by atoms with Crippen molar-refractivity contribution in [2.75, 3.05) is 12.4 Å². The van der Waals surface area contributed by atoms with Crippen molar-refractivity contribution in [2.24, 2.45) is 0 Å². The summed E-state index contributed by atoms with van der Waals surface area (Å²) >= 11 is 0. The second-order valence-corrected chi connectivity index (χ2v) is 5.60. The van der Waals surface area contributed by atoms with Crippen molar-refractivity contribution in [1.29, 1.82) is 0 Å². The van der Waals surface area contributed by atoms with Crippen molar-refractivity contribution in [1.82, 2.24) is 0 Å². The first kappa shape index (κ1) is 19.3. The number of ether oxygens (including phenoxy) is 3. The highest BCUT2D eigenvalue weighted by Gasteiger charge is 2.25. The fourth-order valence-electron chi connectivity index (χ4n) is 2.25. The van der Waals surface area contributed by atoms with Crippen LogP contribution in [0.3, 0.4) is 0 Å². The van der Waals surface area contributed by atoms with E-state index < -0.39 is 24.1 Å². The summed E-state index contributed by atoms with van der Waals surface area (Å²) in [5, 5.41) is 2.69. The molecule has 0 aliphatic carbocycles. The van der Waals surface area contributed by atoms with Crippen LogP contribution in [0.25, 0.3) is 0 Å². The number of amides is 1. The van der Waals surface area contributed by atoms with Crippen LogP contribution in [0.5, 0.6) is 11.5 Å². The van der Waals surface area contributed by atoms with Gasteiger partial charge in [-0.15, -0.1) is 0 Å². The fraction of sp³-hybridized carbons (Fsp3) is 0.300. The van der Waals surface area contributed by atoms with Crippen molar-refractivity contribution < 1.29 is 23.8 Å². The maximum atomic E-state index is 12.3. The van der Waals surface area contributed by atoms with E-state index in [0.717, 1.165) is 0 Å². The van der Waals surface area contributed by atoms with Crippen LogP contribution >= 0.6 is 0 Å². The minimum absolute atomic E-state index is 0.425. The van der Waals surface area contributed by atoms with E-state index in [1.165, 1.54) is 14.0 Å². The summed E-state index contributed by atoms with van der Waals surface area (Å²) in [6, 6.07) is 16.0. The molecule has 6 heteroatoms. The molecule has 0 aromatic heterocycles. The van der Waals surface area contributed by atoms with Gasteiger partial charge in [-0.2, -0.15) is 0 Å². The molecule has 2 rings (SSSR count). The van der Waals surface area contributed by atoms with Gasteiger partial charge in [0.05, 0.1) is 12.8 Å². The van der Waals surface area contributed by atoms with Gasteiger partial charge in [-0.25, -0.2) is 4.79 Å². The van der Waals surface area contributed by atoms with Crippen LogP contribution in [0.2, 0.25) is 0 Å². The Labute approximate surface area is 153 Å². The lowest BCUT2D eigenvalue weighted by Gasteiger charge is -2.19. The number of hydrogen-bond donors (Lipinski definition) is 1. The number of methoxy groups -OCH3 is 1. The molecule has 26 heavy (non-hydrogen) atoms. The second kappa shape index (κ2) is 9.46. The molecular formula is C20H23NO5. The van der Waals surface area contributed by atoms with Crippen LogP contribution in [0, 0.1) is 0 Å². The molecule has 0 aliphatic heterocycles. The standard InChI is InChI=1S/C20H23NO5/c1-4-17(26-15-10-6-5-7-11-15)20(23)25-14(2)19(22)21-16-12-8-9-13-18(16)24-3/h5-14,17H,4H2,1-3H3,(H,21,22)/t14-,17+/m0/s1. The highest BCUT2D eigenvalue weighted by Crippen LogP contribution is 2.23. The third-order valence-electron chi connectivity index (χ3n) is 3.68. The Morgan fingerprint density at radius 3 is 2.35 bits per heavy atom. The Hall–Kier alpha value is -3.02. The van der Waals surface area contributed by atoms with Crippen molar-refractivity contribution >= 4 is 17.6 Å². The second-order valence-electron chi connectivity index (χ2n) is 5.60. The number of carbonyl (C=O) groups excluding carboxylic acids is 2. The molecule has 1 N–H and O–H groups in total. The number of nitrogens with one attached hydrogen (secondary N) is 1.